The van der Waals surface area contributed by atoms with Gasteiger partial charge in [0.25, 0.3) is 5.91 Å². The minimum Gasteiger partial charge on any atom is -0.451 e. The Hall–Kier alpha value is -2.71. The molecule has 0 radical (unpaired) electrons. The highest BCUT2D eigenvalue weighted by molar-refractivity contribution is 7.89. The molecule has 8 heteroatoms. The molecule has 1 amide bonds. The minimum atomic E-state index is -3.63. The number of carbonyl (C=O) groups is 1. The summed E-state index contributed by atoms with van der Waals surface area (Å²) in [5.74, 6) is -0.537. The molecule has 0 spiro atoms. The molecule has 30 heavy (non-hydrogen) atoms. The zero-order valence-electron chi connectivity index (χ0n) is 17.1. The molecule has 0 N–H and O–H groups in total. The summed E-state index contributed by atoms with van der Waals surface area (Å²) >= 11 is 0. The fourth-order valence-corrected chi connectivity index (χ4v) is 5.53. The van der Waals surface area contributed by atoms with Crippen molar-refractivity contribution >= 4 is 26.9 Å². The Morgan fingerprint density at radius 1 is 1.00 bits per heavy atom. The van der Waals surface area contributed by atoms with E-state index in [4.69, 9.17) is 4.42 Å². The molecule has 1 fully saturated rings. The number of hydrogen-bond acceptors (Lipinski definition) is 4. The fraction of sp³-hybridized carbons (Fsp3) is 0.318. The first-order valence-electron chi connectivity index (χ1n) is 9.74. The normalized spacial score (nSPS) is 15.7. The van der Waals surface area contributed by atoms with Crippen LogP contribution in [0.2, 0.25) is 0 Å². The predicted molar refractivity (Wildman–Crippen MR) is 111 cm³/mol. The van der Waals surface area contributed by atoms with Crippen molar-refractivity contribution in [3.05, 3.63) is 64.7 Å². The minimum absolute atomic E-state index is 0.168. The highest BCUT2D eigenvalue weighted by atomic mass is 32.2. The lowest BCUT2D eigenvalue weighted by Gasteiger charge is -2.34. The molecule has 1 aromatic heterocycles. The van der Waals surface area contributed by atoms with E-state index in [1.54, 1.807) is 30.9 Å². The maximum atomic E-state index is 13.5. The Labute approximate surface area is 174 Å². The number of hydrogen-bond donors (Lipinski definition) is 0. The Balaban J connectivity index is 1.52. The van der Waals surface area contributed by atoms with E-state index in [-0.39, 0.29) is 37.8 Å². The molecule has 6 nitrogen and oxygen atoms in total. The topological polar surface area (TPSA) is 70.8 Å². The van der Waals surface area contributed by atoms with Crippen molar-refractivity contribution in [1.29, 1.82) is 0 Å². The average molecular weight is 431 g/mol. The van der Waals surface area contributed by atoms with Crippen molar-refractivity contribution in [2.45, 2.75) is 25.7 Å². The monoisotopic (exact) mass is 430 g/mol. The van der Waals surface area contributed by atoms with E-state index in [2.05, 4.69) is 0 Å². The van der Waals surface area contributed by atoms with Crippen LogP contribution in [0.15, 0.2) is 45.7 Å². The molecule has 158 valence electrons. The van der Waals surface area contributed by atoms with Crippen LogP contribution < -0.4 is 0 Å². The van der Waals surface area contributed by atoms with Crippen LogP contribution in [0, 0.1) is 26.6 Å². The number of amides is 1. The number of rotatable bonds is 3. The predicted octanol–water partition coefficient (Wildman–Crippen LogP) is 3.64. The summed E-state index contributed by atoms with van der Waals surface area (Å²) in [6.45, 7) is 6.35. The fourth-order valence-electron chi connectivity index (χ4n) is 3.90. The largest absolute Gasteiger partial charge is 0.451 e. The van der Waals surface area contributed by atoms with Gasteiger partial charge in [0.2, 0.25) is 10.0 Å². The lowest BCUT2D eigenvalue weighted by atomic mass is 10.1. The van der Waals surface area contributed by atoms with Gasteiger partial charge in [-0.3, -0.25) is 4.79 Å². The number of fused-ring (bicyclic) bond motifs is 1. The van der Waals surface area contributed by atoms with Gasteiger partial charge in [-0.15, -0.1) is 0 Å². The zero-order valence-corrected chi connectivity index (χ0v) is 17.9. The van der Waals surface area contributed by atoms with E-state index in [1.807, 2.05) is 13.0 Å². The van der Waals surface area contributed by atoms with E-state index >= 15 is 0 Å². The Bertz CT molecular complexity index is 1240. The molecule has 0 aliphatic carbocycles. The molecule has 3 aromatic rings. The lowest BCUT2D eigenvalue weighted by Crippen LogP contribution is -2.50. The zero-order chi connectivity index (χ0) is 21.6. The molecule has 2 heterocycles. The lowest BCUT2D eigenvalue weighted by molar-refractivity contribution is 0.0667. The first kappa shape index (κ1) is 20.6. The molecule has 0 unspecified atom stereocenters. The van der Waals surface area contributed by atoms with Gasteiger partial charge in [0.1, 0.15) is 11.4 Å². The van der Waals surface area contributed by atoms with Crippen molar-refractivity contribution in [1.82, 2.24) is 9.21 Å². The summed E-state index contributed by atoms with van der Waals surface area (Å²) in [7, 11) is -3.63. The number of aryl methyl sites for hydroxylation is 3. The molecular weight excluding hydrogens is 407 g/mol. The number of nitrogens with zero attached hydrogens (tertiary/aromatic N) is 2. The standard InChI is InChI=1S/C22H23FN2O4S/c1-14-4-7-20(15(2)12-14)30(27,28)25-10-8-24(9-11-25)22(26)21-16(3)18-13-17(23)5-6-19(18)29-21/h4-7,12-13H,8-11H2,1-3H3. The summed E-state index contributed by atoms with van der Waals surface area (Å²) in [4.78, 5) is 14.8. The number of halogens is 1. The van der Waals surface area contributed by atoms with Gasteiger partial charge in [-0.2, -0.15) is 4.31 Å². The number of benzene rings is 2. The van der Waals surface area contributed by atoms with Crippen LogP contribution in [0.1, 0.15) is 27.2 Å². The van der Waals surface area contributed by atoms with Gasteiger partial charge < -0.3 is 9.32 Å². The van der Waals surface area contributed by atoms with Crippen molar-refractivity contribution in [2.75, 3.05) is 26.2 Å². The maximum absolute atomic E-state index is 13.5. The SMILES string of the molecule is Cc1ccc(S(=O)(=O)N2CCN(C(=O)c3oc4ccc(F)cc4c3C)CC2)c(C)c1. The summed E-state index contributed by atoms with van der Waals surface area (Å²) in [5, 5.41) is 0.564. The molecule has 0 saturated carbocycles. The first-order valence-corrected chi connectivity index (χ1v) is 11.2. The van der Waals surface area contributed by atoms with Crippen LogP contribution in [-0.2, 0) is 10.0 Å². The van der Waals surface area contributed by atoms with Crippen molar-refractivity contribution in [2.24, 2.45) is 0 Å². The average Bonchev–Trinajstić information content (AvgIpc) is 3.03. The third kappa shape index (κ3) is 3.50. The second-order valence-corrected chi connectivity index (χ2v) is 9.57. The van der Waals surface area contributed by atoms with Gasteiger partial charge >= 0.3 is 0 Å². The molecule has 0 bridgehead atoms. The van der Waals surface area contributed by atoms with Crippen LogP contribution in [-0.4, -0.2) is 49.7 Å². The van der Waals surface area contributed by atoms with Gasteiger partial charge in [0.15, 0.2) is 5.76 Å². The van der Waals surface area contributed by atoms with E-state index in [9.17, 15) is 17.6 Å². The van der Waals surface area contributed by atoms with Crippen molar-refractivity contribution < 1.29 is 22.0 Å². The van der Waals surface area contributed by atoms with E-state index in [0.717, 1.165) is 5.56 Å². The molecule has 1 aliphatic heterocycles. The Kier molecular flexibility index (Phi) is 5.15. The summed E-state index contributed by atoms with van der Waals surface area (Å²) in [6.07, 6.45) is 0. The first-order chi connectivity index (χ1) is 14.2. The second-order valence-electron chi connectivity index (χ2n) is 7.66. The summed E-state index contributed by atoms with van der Waals surface area (Å²) in [5.41, 5.74) is 2.75. The number of furan rings is 1. The Morgan fingerprint density at radius 2 is 1.70 bits per heavy atom. The van der Waals surface area contributed by atoms with Crippen LogP contribution in [0.5, 0.6) is 0 Å². The van der Waals surface area contributed by atoms with Crippen LogP contribution in [0.3, 0.4) is 0 Å². The third-order valence-electron chi connectivity index (χ3n) is 5.57. The molecule has 1 aliphatic rings. The van der Waals surface area contributed by atoms with Crippen LogP contribution in [0.25, 0.3) is 11.0 Å². The van der Waals surface area contributed by atoms with Crippen LogP contribution in [0.4, 0.5) is 4.39 Å². The molecular formula is C22H23FN2O4S. The maximum Gasteiger partial charge on any atom is 0.289 e. The van der Waals surface area contributed by atoms with E-state index < -0.39 is 15.8 Å². The highest BCUT2D eigenvalue weighted by Crippen LogP contribution is 2.28. The quantitative estimate of drug-likeness (QED) is 0.636. The van der Waals surface area contributed by atoms with Crippen LogP contribution >= 0.6 is 0 Å². The third-order valence-corrected chi connectivity index (χ3v) is 7.63. The molecule has 1 saturated heterocycles. The number of carbonyl (C=O) groups excluding carboxylic acids is 1. The van der Waals surface area contributed by atoms with E-state index in [1.165, 1.54) is 22.5 Å². The van der Waals surface area contributed by atoms with Gasteiger partial charge in [0, 0.05) is 37.1 Å². The smallest absolute Gasteiger partial charge is 0.289 e. The van der Waals surface area contributed by atoms with Gasteiger partial charge in [-0.25, -0.2) is 12.8 Å². The summed E-state index contributed by atoms with van der Waals surface area (Å²) < 4.78 is 46.7. The van der Waals surface area contributed by atoms with Gasteiger partial charge in [0.05, 0.1) is 4.90 Å². The highest BCUT2D eigenvalue weighted by Gasteiger charge is 2.32. The summed E-state index contributed by atoms with van der Waals surface area (Å²) in [6, 6.07) is 9.40. The van der Waals surface area contributed by atoms with Gasteiger partial charge in [-0.1, -0.05) is 17.7 Å². The van der Waals surface area contributed by atoms with Gasteiger partial charge in [-0.05, 0) is 50.6 Å². The van der Waals surface area contributed by atoms with Crippen molar-refractivity contribution in [3.63, 3.8) is 0 Å². The second kappa shape index (κ2) is 7.52. The number of sulfonamides is 1. The van der Waals surface area contributed by atoms with E-state index in [0.29, 0.717) is 27.0 Å². The van der Waals surface area contributed by atoms with Crippen molar-refractivity contribution in [3.8, 4) is 0 Å². The molecule has 4 rings (SSSR count). The number of piperazine rings is 1. The molecule has 0 atom stereocenters. The Morgan fingerprint density at radius 3 is 2.37 bits per heavy atom. The molecule has 2 aromatic carbocycles.